The van der Waals surface area contributed by atoms with Gasteiger partial charge in [-0.15, -0.1) is 0 Å². The molecule has 4 aromatic heterocycles. The van der Waals surface area contributed by atoms with Gasteiger partial charge in [0.15, 0.2) is 11.3 Å². The van der Waals surface area contributed by atoms with E-state index >= 15 is 0 Å². The highest BCUT2D eigenvalue weighted by Crippen LogP contribution is 2.32. The Labute approximate surface area is 167 Å². The van der Waals surface area contributed by atoms with Gasteiger partial charge in [-0.3, -0.25) is 4.79 Å². The molecule has 0 aliphatic heterocycles. The van der Waals surface area contributed by atoms with E-state index in [9.17, 15) is 4.79 Å². The van der Waals surface area contributed by atoms with Crippen molar-refractivity contribution >= 4 is 39.8 Å². The van der Waals surface area contributed by atoms with Crippen LogP contribution in [0.5, 0.6) is 0 Å². The smallest absolute Gasteiger partial charge is 0.316 e. The Morgan fingerprint density at radius 1 is 1.10 bits per heavy atom. The van der Waals surface area contributed by atoms with E-state index in [4.69, 9.17) is 18.1 Å². The van der Waals surface area contributed by atoms with Gasteiger partial charge in [0, 0.05) is 11.5 Å². The van der Waals surface area contributed by atoms with Gasteiger partial charge in [0.1, 0.15) is 34.8 Å². The number of hydrogen-bond acceptors (Lipinski definition) is 9. The molecule has 0 radical (unpaired) electrons. The average Bonchev–Trinajstić information content (AvgIpc) is 3.50. The van der Waals surface area contributed by atoms with Gasteiger partial charge in [0.2, 0.25) is 5.76 Å². The molecule has 4 heterocycles. The number of rotatable bonds is 6. The third-order valence-corrected chi connectivity index (χ3v) is 5.10. The van der Waals surface area contributed by atoms with Crippen molar-refractivity contribution in [3.8, 4) is 11.5 Å². The Bertz CT molecular complexity index is 1290. The van der Waals surface area contributed by atoms with Gasteiger partial charge in [-0.25, -0.2) is 9.97 Å². The van der Waals surface area contributed by atoms with Crippen LogP contribution < -0.4 is 0 Å². The monoisotopic (exact) mass is 407 g/mol. The van der Waals surface area contributed by atoms with E-state index in [1.54, 1.807) is 24.5 Å². The summed E-state index contributed by atoms with van der Waals surface area (Å²) < 4.78 is 21.5. The van der Waals surface area contributed by atoms with Crippen LogP contribution in [0.4, 0.5) is 0 Å². The molecule has 0 bridgehead atoms. The zero-order valence-electron chi connectivity index (χ0n) is 14.9. The lowest BCUT2D eigenvalue weighted by Crippen LogP contribution is -2.07. The second kappa shape index (κ2) is 7.44. The molecule has 0 unspecified atom stereocenters. The summed E-state index contributed by atoms with van der Waals surface area (Å²) >= 11 is 1.23. The molecule has 8 nitrogen and oxygen atoms in total. The fraction of sp³-hybridized carbons (Fsp3) is 0.100. The maximum absolute atomic E-state index is 12.1. The standard InChI is InChI=1S/C20H13N3O5S/c24-17(26-9-12-8-16(28-23-12)15-6-3-7-25-15)10-29-20-19-18(21-11-22-20)13-4-1-2-5-14(13)27-19/h1-8,11H,9-10H2. The van der Waals surface area contributed by atoms with Crippen LogP contribution in [0.15, 0.2) is 73.4 Å². The number of carbonyl (C=O) groups is 1. The molecule has 0 fully saturated rings. The van der Waals surface area contributed by atoms with E-state index in [1.807, 2.05) is 24.3 Å². The summed E-state index contributed by atoms with van der Waals surface area (Å²) in [6.45, 7) is 0.00737. The number of carbonyl (C=O) groups excluding carboxylic acids is 1. The number of nitrogens with zero attached hydrogens (tertiary/aromatic N) is 3. The maximum atomic E-state index is 12.1. The first kappa shape index (κ1) is 17.5. The fourth-order valence-electron chi connectivity index (χ4n) is 2.84. The van der Waals surface area contributed by atoms with E-state index in [1.165, 1.54) is 18.1 Å². The highest BCUT2D eigenvalue weighted by molar-refractivity contribution is 8.00. The van der Waals surface area contributed by atoms with Crippen LogP contribution >= 0.6 is 11.8 Å². The van der Waals surface area contributed by atoms with E-state index < -0.39 is 5.97 Å². The highest BCUT2D eigenvalue weighted by atomic mass is 32.2. The van der Waals surface area contributed by atoms with Crippen molar-refractivity contribution in [2.75, 3.05) is 5.75 Å². The zero-order chi connectivity index (χ0) is 19.6. The van der Waals surface area contributed by atoms with Gasteiger partial charge in [-0.05, 0) is 24.3 Å². The van der Waals surface area contributed by atoms with Crippen LogP contribution in [0, 0.1) is 0 Å². The SMILES string of the molecule is O=C(CSc1ncnc2c1oc1ccccc12)OCc1cc(-c2ccco2)on1. The molecule has 5 aromatic rings. The van der Waals surface area contributed by atoms with Crippen LogP contribution in [0.3, 0.4) is 0 Å². The molecule has 9 heteroatoms. The molecule has 0 atom stereocenters. The number of fused-ring (bicyclic) bond motifs is 3. The summed E-state index contributed by atoms with van der Waals surface area (Å²) in [7, 11) is 0. The van der Waals surface area contributed by atoms with Crippen molar-refractivity contribution in [2.45, 2.75) is 11.6 Å². The lowest BCUT2D eigenvalue weighted by Gasteiger charge is -2.02. The summed E-state index contributed by atoms with van der Waals surface area (Å²) in [5.74, 6) is 0.708. The Kier molecular flexibility index (Phi) is 4.49. The number of hydrogen-bond donors (Lipinski definition) is 0. The molecule has 0 amide bonds. The highest BCUT2D eigenvalue weighted by Gasteiger charge is 2.16. The number of aromatic nitrogens is 3. The largest absolute Gasteiger partial charge is 0.461 e. The molecule has 0 saturated carbocycles. The second-order valence-electron chi connectivity index (χ2n) is 6.06. The average molecular weight is 407 g/mol. The van der Waals surface area contributed by atoms with E-state index in [2.05, 4.69) is 15.1 Å². The lowest BCUT2D eigenvalue weighted by atomic mass is 10.2. The fourth-order valence-corrected chi connectivity index (χ4v) is 3.57. The summed E-state index contributed by atoms with van der Waals surface area (Å²) in [4.78, 5) is 20.7. The maximum Gasteiger partial charge on any atom is 0.316 e. The summed E-state index contributed by atoms with van der Waals surface area (Å²) in [5, 5.41) is 5.37. The van der Waals surface area contributed by atoms with E-state index in [0.29, 0.717) is 27.8 Å². The third kappa shape index (κ3) is 3.47. The van der Waals surface area contributed by atoms with Crippen LogP contribution in [0.25, 0.3) is 33.6 Å². The number of thioether (sulfide) groups is 1. The molecule has 1 aromatic carbocycles. The minimum Gasteiger partial charge on any atom is -0.461 e. The molecular weight excluding hydrogens is 394 g/mol. The molecule has 0 aliphatic rings. The molecule has 144 valence electrons. The number of benzene rings is 1. The zero-order valence-corrected chi connectivity index (χ0v) is 15.7. The predicted molar refractivity (Wildman–Crippen MR) is 104 cm³/mol. The van der Waals surface area contributed by atoms with Crippen molar-refractivity contribution in [1.29, 1.82) is 0 Å². The topological polar surface area (TPSA) is 104 Å². The number of para-hydroxylation sites is 1. The molecular formula is C20H13N3O5S. The Morgan fingerprint density at radius 2 is 2.03 bits per heavy atom. The van der Waals surface area contributed by atoms with Crippen molar-refractivity contribution in [3.63, 3.8) is 0 Å². The molecule has 29 heavy (non-hydrogen) atoms. The van der Waals surface area contributed by atoms with Crippen molar-refractivity contribution < 1.29 is 22.9 Å². The summed E-state index contributed by atoms with van der Waals surface area (Å²) in [6.07, 6.45) is 3.00. The van der Waals surface area contributed by atoms with Crippen LogP contribution in [0.1, 0.15) is 5.69 Å². The Balaban J connectivity index is 1.23. The Hall–Kier alpha value is -3.59. The molecule has 0 saturated heterocycles. The van der Waals surface area contributed by atoms with Gasteiger partial charge in [0.25, 0.3) is 0 Å². The van der Waals surface area contributed by atoms with Crippen molar-refractivity contribution in [3.05, 3.63) is 60.7 Å². The van der Waals surface area contributed by atoms with E-state index in [0.717, 1.165) is 16.5 Å². The lowest BCUT2D eigenvalue weighted by molar-refractivity contribution is -0.141. The Morgan fingerprint density at radius 3 is 2.93 bits per heavy atom. The molecule has 0 aliphatic carbocycles. The van der Waals surface area contributed by atoms with Crippen molar-refractivity contribution in [2.24, 2.45) is 0 Å². The molecule has 0 N–H and O–H groups in total. The first-order valence-electron chi connectivity index (χ1n) is 8.68. The van der Waals surface area contributed by atoms with Gasteiger partial charge in [-0.2, -0.15) is 0 Å². The summed E-state index contributed by atoms with van der Waals surface area (Å²) in [5.41, 5.74) is 2.51. The van der Waals surface area contributed by atoms with Gasteiger partial charge >= 0.3 is 5.97 Å². The number of furan rings is 2. The summed E-state index contributed by atoms with van der Waals surface area (Å²) in [6, 6.07) is 12.8. The van der Waals surface area contributed by atoms with E-state index in [-0.39, 0.29) is 12.4 Å². The van der Waals surface area contributed by atoms with Gasteiger partial charge in [-0.1, -0.05) is 29.1 Å². The predicted octanol–water partition coefficient (Wildman–Crippen LogP) is 4.46. The van der Waals surface area contributed by atoms with Crippen LogP contribution in [0.2, 0.25) is 0 Å². The first-order valence-corrected chi connectivity index (χ1v) is 9.66. The molecule has 0 spiro atoms. The van der Waals surface area contributed by atoms with Crippen LogP contribution in [-0.2, 0) is 16.1 Å². The number of esters is 1. The number of ether oxygens (including phenoxy) is 1. The molecule has 5 rings (SSSR count). The third-order valence-electron chi connectivity index (χ3n) is 4.16. The van der Waals surface area contributed by atoms with Gasteiger partial charge < -0.3 is 18.1 Å². The minimum atomic E-state index is -0.402. The first-order chi connectivity index (χ1) is 14.3. The second-order valence-corrected chi connectivity index (χ2v) is 7.03. The van der Waals surface area contributed by atoms with Gasteiger partial charge in [0.05, 0.1) is 12.0 Å². The van der Waals surface area contributed by atoms with Crippen LogP contribution in [-0.4, -0.2) is 26.8 Å². The minimum absolute atomic E-state index is 0.00737. The van der Waals surface area contributed by atoms with Crippen molar-refractivity contribution in [1.82, 2.24) is 15.1 Å². The quantitative estimate of drug-likeness (QED) is 0.229. The normalized spacial score (nSPS) is 11.3.